The van der Waals surface area contributed by atoms with Gasteiger partial charge in [0.05, 0.1) is 7.11 Å². The van der Waals surface area contributed by atoms with Gasteiger partial charge in [-0.25, -0.2) is 4.79 Å². The van der Waals surface area contributed by atoms with Crippen molar-refractivity contribution in [1.29, 1.82) is 0 Å². The van der Waals surface area contributed by atoms with Gasteiger partial charge in [0.2, 0.25) is 0 Å². The average molecular weight is 267 g/mol. The fourth-order valence-corrected chi connectivity index (χ4v) is 1.45. The minimum Gasteiger partial charge on any atom is -0.507 e. The van der Waals surface area contributed by atoms with Crippen molar-refractivity contribution in [3.8, 4) is 11.5 Å². The van der Waals surface area contributed by atoms with Crippen molar-refractivity contribution in [3.05, 3.63) is 23.8 Å². The predicted octanol–water partition coefficient (Wildman–Crippen LogP) is 1.03. The van der Waals surface area contributed by atoms with Crippen LogP contribution in [0.3, 0.4) is 0 Å². The molecule has 0 bridgehead atoms. The Hall–Kier alpha value is -2.24. The van der Waals surface area contributed by atoms with E-state index in [4.69, 9.17) is 9.47 Å². The lowest BCUT2D eigenvalue weighted by Gasteiger charge is -2.17. The molecule has 0 fully saturated rings. The van der Waals surface area contributed by atoms with Gasteiger partial charge >= 0.3 is 5.97 Å². The number of phenols is 1. The highest BCUT2D eigenvalue weighted by Gasteiger charge is 2.22. The summed E-state index contributed by atoms with van der Waals surface area (Å²) in [6.45, 7) is 1.47. The molecule has 1 aromatic rings. The number of hydrogen-bond donors (Lipinski definition) is 1. The van der Waals surface area contributed by atoms with Gasteiger partial charge in [-0.15, -0.1) is 0 Å². The van der Waals surface area contributed by atoms with Crippen molar-refractivity contribution in [3.63, 3.8) is 0 Å². The second kappa shape index (κ2) is 6.08. The van der Waals surface area contributed by atoms with Gasteiger partial charge in [0.15, 0.2) is 6.10 Å². The fraction of sp³-hybridized carbons (Fsp3) is 0.385. The molecule has 0 aliphatic rings. The summed E-state index contributed by atoms with van der Waals surface area (Å²) in [5.41, 5.74) is -0.0146. The van der Waals surface area contributed by atoms with Crippen LogP contribution in [0.25, 0.3) is 0 Å². The largest absolute Gasteiger partial charge is 0.507 e. The number of rotatable bonds is 4. The molecule has 0 saturated heterocycles. The molecular weight excluding hydrogens is 250 g/mol. The van der Waals surface area contributed by atoms with Crippen molar-refractivity contribution in [2.75, 3.05) is 21.2 Å². The molecule has 6 heteroatoms. The number of ether oxygens (including phenoxy) is 2. The van der Waals surface area contributed by atoms with Gasteiger partial charge in [-0.1, -0.05) is 0 Å². The van der Waals surface area contributed by atoms with Crippen LogP contribution in [-0.2, 0) is 9.53 Å². The van der Waals surface area contributed by atoms with E-state index in [1.807, 2.05) is 0 Å². The van der Waals surface area contributed by atoms with Gasteiger partial charge in [-0.05, 0) is 19.1 Å². The second-order valence-electron chi connectivity index (χ2n) is 4.16. The maximum atomic E-state index is 11.8. The number of carbonyl (C=O) groups is 2. The van der Waals surface area contributed by atoms with E-state index >= 15 is 0 Å². The highest BCUT2D eigenvalue weighted by Crippen LogP contribution is 2.24. The van der Waals surface area contributed by atoms with Crippen molar-refractivity contribution < 1.29 is 24.2 Å². The first-order valence-electron chi connectivity index (χ1n) is 5.66. The van der Waals surface area contributed by atoms with Crippen LogP contribution < -0.4 is 4.74 Å². The van der Waals surface area contributed by atoms with Crippen molar-refractivity contribution in [2.45, 2.75) is 13.0 Å². The lowest BCUT2D eigenvalue weighted by Crippen LogP contribution is -2.34. The SMILES string of the molecule is COc1ccc(C(=O)O[C@H](C)C(=O)N(C)C)c(O)c1. The Bertz CT molecular complexity index is 484. The van der Waals surface area contributed by atoms with E-state index in [1.165, 1.54) is 37.1 Å². The summed E-state index contributed by atoms with van der Waals surface area (Å²) < 4.78 is 9.89. The summed E-state index contributed by atoms with van der Waals surface area (Å²) in [6.07, 6.45) is -0.913. The van der Waals surface area contributed by atoms with Crippen LogP contribution in [0.15, 0.2) is 18.2 Å². The summed E-state index contributed by atoms with van der Waals surface area (Å²) in [7, 11) is 4.58. The van der Waals surface area contributed by atoms with Crippen LogP contribution in [0, 0.1) is 0 Å². The standard InChI is InChI=1S/C13H17NO5/c1-8(12(16)14(2)3)19-13(17)10-6-5-9(18-4)7-11(10)15/h5-8,15H,1-4H3/t8-/m1/s1. The number of aromatic hydroxyl groups is 1. The number of hydrogen-bond acceptors (Lipinski definition) is 5. The lowest BCUT2D eigenvalue weighted by molar-refractivity contribution is -0.137. The van der Waals surface area contributed by atoms with Gasteiger partial charge < -0.3 is 19.5 Å². The van der Waals surface area contributed by atoms with Crippen LogP contribution in [0.1, 0.15) is 17.3 Å². The fourth-order valence-electron chi connectivity index (χ4n) is 1.45. The number of carbonyl (C=O) groups excluding carboxylic acids is 2. The number of methoxy groups -OCH3 is 1. The smallest absolute Gasteiger partial charge is 0.342 e. The van der Waals surface area contributed by atoms with Crippen LogP contribution in [0.4, 0.5) is 0 Å². The zero-order chi connectivity index (χ0) is 14.6. The van der Waals surface area contributed by atoms with Crippen molar-refractivity contribution >= 4 is 11.9 Å². The maximum Gasteiger partial charge on any atom is 0.342 e. The molecule has 0 heterocycles. The minimum absolute atomic E-state index is 0.0146. The summed E-state index contributed by atoms with van der Waals surface area (Å²) >= 11 is 0. The predicted molar refractivity (Wildman–Crippen MR) is 68.2 cm³/mol. The highest BCUT2D eigenvalue weighted by atomic mass is 16.5. The molecule has 1 atom stereocenters. The topological polar surface area (TPSA) is 76.1 Å². The third kappa shape index (κ3) is 3.61. The number of benzene rings is 1. The maximum absolute atomic E-state index is 11.8. The quantitative estimate of drug-likeness (QED) is 0.825. The number of nitrogens with zero attached hydrogens (tertiary/aromatic N) is 1. The monoisotopic (exact) mass is 267 g/mol. The Kier molecular flexibility index (Phi) is 4.74. The Balaban J connectivity index is 2.81. The summed E-state index contributed by atoms with van der Waals surface area (Å²) in [5.74, 6) is -0.926. The molecule has 1 amide bonds. The van der Waals surface area contributed by atoms with E-state index in [-0.39, 0.29) is 17.2 Å². The average Bonchev–Trinajstić information content (AvgIpc) is 2.36. The number of amides is 1. The molecule has 0 unspecified atom stereocenters. The third-order valence-electron chi connectivity index (χ3n) is 2.50. The molecule has 19 heavy (non-hydrogen) atoms. The van der Waals surface area contributed by atoms with Crippen LogP contribution >= 0.6 is 0 Å². The molecule has 6 nitrogen and oxygen atoms in total. The normalized spacial score (nSPS) is 11.6. The molecular formula is C13H17NO5. The molecule has 1 N–H and O–H groups in total. The molecule has 0 aromatic heterocycles. The number of esters is 1. The van der Waals surface area contributed by atoms with E-state index in [1.54, 1.807) is 14.1 Å². The molecule has 0 spiro atoms. The van der Waals surface area contributed by atoms with Gasteiger partial charge in [0, 0.05) is 20.2 Å². The van der Waals surface area contributed by atoms with Crippen LogP contribution in [0.5, 0.6) is 11.5 Å². The van der Waals surface area contributed by atoms with Crippen molar-refractivity contribution in [1.82, 2.24) is 4.90 Å². The number of likely N-dealkylation sites (N-methyl/N-ethyl adjacent to an activating group) is 1. The Morgan fingerprint density at radius 2 is 1.95 bits per heavy atom. The Morgan fingerprint density at radius 1 is 1.32 bits per heavy atom. The first kappa shape index (κ1) is 14.8. The summed E-state index contributed by atoms with van der Waals surface area (Å²) in [6, 6.07) is 4.20. The summed E-state index contributed by atoms with van der Waals surface area (Å²) in [5, 5.41) is 9.68. The van der Waals surface area contributed by atoms with E-state index < -0.39 is 12.1 Å². The zero-order valence-electron chi connectivity index (χ0n) is 11.3. The zero-order valence-corrected chi connectivity index (χ0v) is 11.3. The van der Waals surface area contributed by atoms with Gasteiger partial charge in [-0.2, -0.15) is 0 Å². The van der Waals surface area contributed by atoms with Gasteiger partial charge in [0.25, 0.3) is 5.91 Å². The molecule has 0 radical (unpaired) electrons. The highest BCUT2D eigenvalue weighted by molar-refractivity contribution is 5.94. The van der Waals surface area contributed by atoms with Gasteiger partial charge in [0.1, 0.15) is 17.1 Å². The van der Waals surface area contributed by atoms with Crippen molar-refractivity contribution in [2.24, 2.45) is 0 Å². The summed E-state index contributed by atoms with van der Waals surface area (Å²) in [4.78, 5) is 24.7. The van der Waals surface area contributed by atoms with E-state index in [2.05, 4.69) is 0 Å². The molecule has 0 aliphatic carbocycles. The van der Waals surface area contributed by atoms with Gasteiger partial charge in [-0.3, -0.25) is 4.79 Å². The van der Waals surface area contributed by atoms with E-state index in [0.717, 1.165) is 0 Å². The van der Waals surface area contributed by atoms with Crippen LogP contribution in [-0.4, -0.2) is 49.2 Å². The molecule has 104 valence electrons. The second-order valence-corrected chi connectivity index (χ2v) is 4.16. The third-order valence-corrected chi connectivity index (χ3v) is 2.50. The Morgan fingerprint density at radius 3 is 2.42 bits per heavy atom. The lowest BCUT2D eigenvalue weighted by atomic mass is 10.2. The minimum atomic E-state index is -0.913. The first-order chi connectivity index (χ1) is 8.86. The number of phenolic OH excluding ortho intramolecular Hbond substituents is 1. The molecule has 1 rings (SSSR count). The first-order valence-corrected chi connectivity index (χ1v) is 5.66. The molecule has 0 aliphatic heterocycles. The van der Waals surface area contributed by atoms with Crippen LogP contribution in [0.2, 0.25) is 0 Å². The molecule has 0 saturated carbocycles. The molecule has 1 aromatic carbocycles. The van der Waals surface area contributed by atoms with E-state index in [9.17, 15) is 14.7 Å². The van der Waals surface area contributed by atoms with E-state index in [0.29, 0.717) is 5.75 Å². The Labute approximate surface area is 111 Å².